The molecule has 3 heterocycles. The number of pyridine rings is 1. The molecule has 1 aliphatic carbocycles. The monoisotopic (exact) mass is 404 g/mol. The Balaban J connectivity index is 1.51. The molecule has 1 saturated carbocycles. The van der Waals surface area contributed by atoms with Crippen molar-refractivity contribution in [3.63, 3.8) is 0 Å². The number of anilines is 1. The lowest BCUT2D eigenvalue weighted by Crippen LogP contribution is -2.55. The first-order chi connectivity index (χ1) is 13.4. The number of carbonyl (C=O) groups is 1. The number of aromatic nitrogens is 2. The highest BCUT2D eigenvalue weighted by atomic mass is 35.5. The summed E-state index contributed by atoms with van der Waals surface area (Å²) >= 11 is 6.34. The molecule has 28 heavy (non-hydrogen) atoms. The molecule has 0 aromatic carbocycles. The zero-order chi connectivity index (χ0) is 19.8. The molecular formula is C21H26ClFN4O. The summed E-state index contributed by atoms with van der Waals surface area (Å²) in [4.78, 5) is 16.8. The molecule has 4 unspecified atom stereocenters. The number of piperidine rings is 1. The van der Waals surface area contributed by atoms with Gasteiger partial charge in [-0.05, 0) is 56.7 Å². The van der Waals surface area contributed by atoms with Crippen molar-refractivity contribution in [3.05, 3.63) is 36.4 Å². The fraction of sp³-hybridized carbons (Fsp3) is 0.524. The smallest absolute Gasteiger partial charge is 0.225 e. The van der Waals surface area contributed by atoms with Crippen LogP contribution in [0.15, 0.2) is 30.6 Å². The van der Waals surface area contributed by atoms with E-state index in [9.17, 15) is 4.79 Å². The van der Waals surface area contributed by atoms with Crippen molar-refractivity contribution in [3.8, 4) is 11.3 Å². The standard InChI is InChI=1S/C21H26ClFN4O/c1-12(16-11-13-10-14(22)5-6-17(13)26-21(16)28)25-20-19(23)15(7-8-24-20)18-4-3-9-27(18)2/h3-4,7-9,12-14,16-17H,5-6,10-11H2,1-2H3,(H,24,25)(H,26,28)/t12-,13?,14?,16?,17?/m0/s1. The lowest BCUT2D eigenvalue weighted by Gasteiger charge is -2.42. The molecule has 1 saturated heterocycles. The van der Waals surface area contributed by atoms with E-state index in [2.05, 4.69) is 15.6 Å². The summed E-state index contributed by atoms with van der Waals surface area (Å²) in [6, 6.07) is 5.40. The maximum absolute atomic E-state index is 15.1. The van der Waals surface area contributed by atoms with Crippen LogP contribution >= 0.6 is 11.6 Å². The van der Waals surface area contributed by atoms with Crippen LogP contribution in [0.1, 0.15) is 32.6 Å². The molecule has 4 rings (SSSR count). The van der Waals surface area contributed by atoms with Gasteiger partial charge in [0.15, 0.2) is 11.6 Å². The molecule has 5 nitrogen and oxygen atoms in total. The predicted octanol–water partition coefficient (Wildman–Crippen LogP) is 3.94. The van der Waals surface area contributed by atoms with E-state index < -0.39 is 5.82 Å². The van der Waals surface area contributed by atoms with Gasteiger partial charge in [0.05, 0.1) is 11.6 Å². The van der Waals surface area contributed by atoms with Crippen molar-refractivity contribution in [2.75, 3.05) is 5.32 Å². The number of hydrogen-bond acceptors (Lipinski definition) is 3. The zero-order valence-electron chi connectivity index (χ0n) is 16.2. The highest BCUT2D eigenvalue weighted by Gasteiger charge is 2.41. The van der Waals surface area contributed by atoms with E-state index >= 15 is 4.39 Å². The minimum absolute atomic E-state index is 0.0354. The molecule has 5 atom stereocenters. The number of nitrogens with one attached hydrogen (secondary N) is 2. The highest BCUT2D eigenvalue weighted by molar-refractivity contribution is 6.20. The average molecular weight is 405 g/mol. The van der Waals surface area contributed by atoms with E-state index in [4.69, 9.17) is 11.6 Å². The minimum Gasteiger partial charge on any atom is -0.364 e. The lowest BCUT2D eigenvalue weighted by molar-refractivity contribution is -0.130. The Labute approximate surface area is 169 Å². The SMILES string of the molecule is C[C@H](Nc1nccc(-c2cccn2C)c1F)C1CC2CC(Cl)CCC2NC1=O. The van der Waals surface area contributed by atoms with Crippen LogP contribution in [0.4, 0.5) is 10.2 Å². The van der Waals surface area contributed by atoms with Crippen LogP contribution in [0, 0.1) is 17.7 Å². The first-order valence-electron chi connectivity index (χ1n) is 9.91. The van der Waals surface area contributed by atoms with Crippen LogP contribution in [-0.2, 0) is 11.8 Å². The van der Waals surface area contributed by atoms with Crippen LogP contribution < -0.4 is 10.6 Å². The normalized spacial score (nSPS) is 28.4. The Morgan fingerprint density at radius 2 is 2.18 bits per heavy atom. The van der Waals surface area contributed by atoms with Gasteiger partial charge in [0, 0.05) is 42.5 Å². The van der Waals surface area contributed by atoms with E-state index in [0.29, 0.717) is 11.5 Å². The fourth-order valence-electron chi connectivity index (χ4n) is 4.61. The van der Waals surface area contributed by atoms with Gasteiger partial charge in [-0.1, -0.05) is 0 Å². The second-order valence-electron chi connectivity index (χ2n) is 8.09. The maximum Gasteiger partial charge on any atom is 0.225 e. The number of nitrogens with zero attached hydrogens (tertiary/aromatic N) is 2. The Morgan fingerprint density at radius 3 is 2.93 bits per heavy atom. The van der Waals surface area contributed by atoms with E-state index in [1.807, 2.05) is 36.9 Å². The summed E-state index contributed by atoms with van der Waals surface area (Å²) in [5, 5.41) is 6.49. The molecule has 0 spiro atoms. The van der Waals surface area contributed by atoms with E-state index in [0.717, 1.165) is 31.4 Å². The molecule has 1 aliphatic heterocycles. The van der Waals surface area contributed by atoms with E-state index in [-0.39, 0.29) is 35.1 Å². The van der Waals surface area contributed by atoms with Gasteiger partial charge in [0.2, 0.25) is 5.91 Å². The zero-order valence-corrected chi connectivity index (χ0v) is 16.9. The molecule has 1 amide bonds. The molecule has 2 N–H and O–H groups in total. The number of rotatable bonds is 4. The van der Waals surface area contributed by atoms with E-state index in [1.54, 1.807) is 12.3 Å². The third-order valence-corrected chi connectivity index (χ3v) is 6.61. The minimum atomic E-state index is -0.399. The number of fused-ring (bicyclic) bond motifs is 1. The molecular weight excluding hydrogens is 379 g/mol. The molecule has 0 bridgehead atoms. The largest absolute Gasteiger partial charge is 0.364 e. The van der Waals surface area contributed by atoms with Crippen molar-refractivity contribution in [1.29, 1.82) is 0 Å². The lowest BCUT2D eigenvalue weighted by atomic mass is 9.74. The average Bonchev–Trinajstić information content (AvgIpc) is 3.09. The molecule has 2 fully saturated rings. The maximum atomic E-state index is 15.1. The molecule has 2 aliphatic rings. The number of hydrogen-bond donors (Lipinski definition) is 2. The van der Waals surface area contributed by atoms with Gasteiger partial charge in [-0.25, -0.2) is 9.37 Å². The summed E-state index contributed by atoms with van der Waals surface area (Å²) in [6.07, 6.45) is 7.05. The summed E-state index contributed by atoms with van der Waals surface area (Å²) in [7, 11) is 1.88. The van der Waals surface area contributed by atoms with E-state index in [1.165, 1.54) is 0 Å². The first-order valence-corrected chi connectivity index (χ1v) is 10.3. The van der Waals surface area contributed by atoms with Crippen molar-refractivity contribution in [1.82, 2.24) is 14.9 Å². The predicted molar refractivity (Wildman–Crippen MR) is 109 cm³/mol. The van der Waals surface area contributed by atoms with Crippen LogP contribution in [0.25, 0.3) is 11.3 Å². The summed E-state index contributed by atoms with van der Waals surface area (Å²) in [5.41, 5.74) is 1.27. The molecule has 150 valence electrons. The van der Waals surface area contributed by atoms with Crippen molar-refractivity contribution in [2.24, 2.45) is 18.9 Å². The Hall–Kier alpha value is -2.08. The number of carbonyl (C=O) groups excluding carboxylic acids is 1. The third kappa shape index (κ3) is 3.62. The summed E-state index contributed by atoms with van der Waals surface area (Å²) in [6.45, 7) is 1.92. The third-order valence-electron chi connectivity index (χ3n) is 6.22. The quantitative estimate of drug-likeness (QED) is 0.759. The van der Waals surface area contributed by atoms with Gasteiger partial charge in [-0.3, -0.25) is 4.79 Å². The number of amides is 1. The topological polar surface area (TPSA) is 59.0 Å². The molecule has 7 heteroatoms. The van der Waals surface area contributed by atoms with Crippen LogP contribution in [0.2, 0.25) is 0 Å². The van der Waals surface area contributed by atoms with Gasteiger partial charge >= 0.3 is 0 Å². The molecule has 2 aromatic rings. The van der Waals surface area contributed by atoms with Gasteiger partial charge < -0.3 is 15.2 Å². The van der Waals surface area contributed by atoms with Gasteiger partial charge in [0.25, 0.3) is 0 Å². The van der Waals surface area contributed by atoms with Gasteiger partial charge in [-0.2, -0.15) is 0 Å². The Kier molecular flexibility index (Phi) is 5.32. The second kappa shape index (κ2) is 7.74. The van der Waals surface area contributed by atoms with Crippen LogP contribution in [0.5, 0.6) is 0 Å². The van der Waals surface area contributed by atoms with Crippen molar-refractivity contribution >= 4 is 23.3 Å². The summed E-state index contributed by atoms with van der Waals surface area (Å²) < 4.78 is 17.0. The molecule has 2 aromatic heterocycles. The Bertz CT molecular complexity index is 870. The van der Waals surface area contributed by atoms with Crippen LogP contribution in [0.3, 0.4) is 0 Å². The second-order valence-corrected chi connectivity index (χ2v) is 8.70. The molecule has 0 radical (unpaired) electrons. The number of aryl methyl sites for hydroxylation is 1. The first kappa shape index (κ1) is 19.2. The number of halogens is 2. The van der Waals surface area contributed by atoms with Crippen molar-refractivity contribution < 1.29 is 9.18 Å². The van der Waals surface area contributed by atoms with Crippen LogP contribution in [-0.4, -0.2) is 32.9 Å². The Morgan fingerprint density at radius 1 is 1.36 bits per heavy atom. The fourth-order valence-corrected chi connectivity index (χ4v) is 4.97. The van der Waals surface area contributed by atoms with Crippen molar-refractivity contribution in [2.45, 2.75) is 50.1 Å². The summed E-state index contributed by atoms with van der Waals surface area (Å²) in [5.74, 6) is -0.0317. The van der Waals surface area contributed by atoms with Gasteiger partial charge in [-0.15, -0.1) is 11.6 Å². The van der Waals surface area contributed by atoms with Gasteiger partial charge in [0.1, 0.15) is 0 Å². The number of alkyl halides is 1. The highest BCUT2D eigenvalue weighted by Crippen LogP contribution is 2.37.